The van der Waals surface area contributed by atoms with Crippen molar-refractivity contribution < 1.29 is 9.90 Å². The first kappa shape index (κ1) is 30.1. The first-order valence-electron chi connectivity index (χ1n) is 14.6. The van der Waals surface area contributed by atoms with E-state index in [2.05, 4.69) is 78.3 Å². The summed E-state index contributed by atoms with van der Waals surface area (Å²) in [4.78, 5) is 22.8. The number of carbonyl (C=O) groups excluding carboxylic acids is 1. The van der Waals surface area contributed by atoms with Gasteiger partial charge in [0.15, 0.2) is 0 Å². The van der Waals surface area contributed by atoms with Crippen LogP contribution in [0, 0.1) is 13.8 Å². The van der Waals surface area contributed by atoms with Gasteiger partial charge in [-0.15, -0.1) is 0 Å². The number of aromatic nitrogens is 4. The van der Waals surface area contributed by atoms with Crippen molar-refractivity contribution in [3.8, 4) is 11.3 Å². The zero-order valence-corrected chi connectivity index (χ0v) is 24.7. The highest BCUT2D eigenvalue weighted by atomic mass is 16.3. The molecule has 0 aliphatic carbocycles. The number of carbonyl (C=O) groups is 1. The molecule has 9 heteroatoms. The average Bonchev–Trinajstić information content (AvgIpc) is 3.42. The minimum atomic E-state index is -0.717. The third kappa shape index (κ3) is 8.58. The minimum Gasteiger partial charge on any atom is -0.372 e. The van der Waals surface area contributed by atoms with E-state index in [0.717, 1.165) is 66.7 Å². The van der Waals surface area contributed by atoms with E-state index in [4.69, 9.17) is 10.7 Å². The molecule has 2 aromatic heterocycles. The number of primary amides is 1. The van der Waals surface area contributed by atoms with Crippen LogP contribution in [-0.2, 0) is 4.79 Å². The van der Waals surface area contributed by atoms with E-state index in [1.807, 2.05) is 12.3 Å². The fourth-order valence-electron chi connectivity index (χ4n) is 5.03. The Morgan fingerprint density at radius 1 is 1.00 bits per heavy atom. The quantitative estimate of drug-likeness (QED) is 0.164. The normalized spacial score (nSPS) is 12.2. The molecule has 9 nitrogen and oxygen atoms in total. The number of hydrogen-bond acceptors (Lipinski definition) is 7. The number of aliphatic hydroxyl groups excluding tert-OH is 1. The van der Waals surface area contributed by atoms with Gasteiger partial charge in [0.2, 0.25) is 5.91 Å². The Hall–Kier alpha value is -3.82. The number of fused-ring (bicyclic) bond motifs is 1. The topological polar surface area (TPSA) is 122 Å². The Morgan fingerprint density at radius 3 is 2.49 bits per heavy atom. The molecule has 0 bridgehead atoms. The maximum absolute atomic E-state index is 10.9. The Kier molecular flexibility index (Phi) is 10.4. The van der Waals surface area contributed by atoms with Gasteiger partial charge in [-0.1, -0.05) is 32.8 Å². The van der Waals surface area contributed by atoms with E-state index in [1.165, 1.54) is 11.1 Å². The van der Waals surface area contributed by atoms with Crippen molar-refractivity contribution in [1.29, 1.82) is 0 Å². The summed E-state index contributed by atoms with van der Waals surface area (Å²) in [5.74, 6) is -0.264. The van der Waals surface area contributed by atoms with Crippen molar-refractivity contribution in [2.24, 2.45) is 5.73 Å². The molecule has 0 radical (unpaired) electrons. The largest absolute Gasteiger partial charge is 0.372 e. The molecule has 1 amide bonds. The summed E-state index contributed by atoms with van der Waals surface area (Å²) in [7, 11) is 0. The molecule has 4 rings (SSSR count). The number of rotatable bonds is 15. The number of nitrogens with two attached hydrogens (primary N) is 1. The van der Waals surface area contributed by atoms with E-state index >= 15 is 0 Å². The molecule has 2 aromatic carbocycles. The van der Waals surface area contributed by atoms with Crippen molar-refractivity contribution in [2.45, 2.75) is 78.5 Å². The third-order valence-electron chi connectivity index (χ3n) is 7.08. The smallest absolute Gasteiger partial charge is 0.217 e. The molecule has 0 saturated heterocycles. The zero-order chi connectivity index (χ0) is 29.4. The van der Waals surface area contributed by atoms with Gasteiger partial charge in [-0.2, -0.15) is 5.10 Å². The maximum Gasteiger partial charge on any atom is 0.217 e. The van der Waals surface area contributed by atoms with E-state index in [9.17, 15) is 9.90 Å². The van der Waals surface area contributed by atoms with Crippen LogP contribution < -0.4 is 16.0 Å². The highest BCUT2D eigenvalue weighted by Gasteiger charge is 2.14. The number of aliphatic hydroxyl groups is 1. The fraction of sp³-hybridized carbons (Fsp3) is 0.438. The fourth-order valence-corrected chi connectivity index (χ4v) is 5.03. The van der Waals surface area contributed by atoms with Crippen molar-refractivity contribution in [2.75, 3.05) is 18.0 Å². The van der Waals surface area contributed by atoms with Gasteiger partial charge in [0, 0.05) is 48.7 Å². The molecule has 1 atom stereocenters. The van der Waals surface area contributed by atoms with Crippen LogP contribution in [0.4, 0.5) is 11.4 Å². The van der Waals surface area contributed by atoms with E-state index in [-0.39, 0.29) is 5.91 Å². The second kappa shape index (κ2) is 14.2. The molecule has 0 saturated carbocycles. The molecule has 41 heavy (non-hydrogen) atoms. The van der Waals surface area contributed by atoms with Crippen LogP contribution in [0.25, 0.3) is 22.3 Å². The van der Waals surface area contributed by atoms with E-state index < -0.39 is 6.23 Å². The SMILES string of the molecule is Cc1cc(C)cc(N(CCNC(C)C)c2ccc3ncc(-c4cnn(C(O)CCCCCCC(N)=O)c4)nc3c2)c1. The number of aryl methyl sites for hydroxylation is 2. The number of benzene rings is 2. The number of nitrogens with zero attached hydrogens (tertiary/aromatic N) is 5. The van der Waals surface area contributed by atoms with Crippen molar-refractivity contribution in [3.63, 3.8) is 0 Å². The molecule has 0 aliphatic rings. The lowest BCUT2D eigenvalue weighted by Gasteiger charge is -2.27. The molecule has 218 valence electrons. The number of hydrogen-bond donors (Lipinski definition) is 3. The molecule has 2 heterocycles. The van der Waals surface area contributed by atoms with Crippen molar-refractivity contribution in [3.05, 3.63) is 66.1 Å². The van der Waals surface area contributed by atoms with Crippen LogP contribution in [0.2, 0.25) is 0 Å². The highest BCUT2D eigenvalue weighted by molar-refractivity contribution is 5.82. The average molecular weight is 558 g/mol. The van der Waals surface area contributed by atoms with Crippen molar-refractivity contribution in [1.82, 2.24) is 25.1 Å². The molecule has 1 unspecified atom stereocenters. The zero-order valence-electron chi connectivity index (χ0n) is 24.7. The van der Waals surface area contributed by atoms with Gasteiger partial charge in [0.05, 0.1) is 29.1 Å². The lowest BCUT2D eigenvalue weighted by Crippen LogP contribution is -2.32. The van der Waals surface area contributed by atoms with Crippen LogP contribution in [0.3, 0.4) is 0 Å². The summed E-state index contributed by atoms with van der Waals surface area (Å²) in [6.45, 7) is 10.2. The Bertz CT molecular complexity index is 1430. The molecular weight excluding hydrogens is 514 g/mol. The first-order valence-corrected chi connectivity index (χ1v) is 14.6. The Balaban J connectivity index is 1.51. The Morgan fingerprint density at radius 2 is 1.76 bits per heavy atom. The molecular formula is C32H43N7O2. The van der Waals surface area contributed by atoms with Crippen LogP contribution >= 0.6 is 0 Å². The van der Waals surface area contributed by atoms with Gasteiger partial charge in [-0.05, 0) is 74.6 Å². The molecule has 0 aliphatic heterocycles. The second-order valence-electron chi connectivity index (χ2n) is 11.1. The molecule has 0 fully saturated rings. The molecule has 4 aromatic rings. The Labute approximate surface area is 242 Å². The standard InChI is InChI=1S/C32H43N7O2/c1-22(2)34-13-14-38(27-16-23(3)15-24(4)17-27)26-11-12-28-29(18-26)37-30(20-35-28)25-19-36-39(21-25)32(41)10-8-6-5-7-9-31(33)40/h11-12,15-22,32,34,41H,5-10,13-14H2,1-4H3,(H2,33,40). The van der Waals surface area contributed by atoms with Crippen molar-refractivity contribution >= 4 is 28.3 Å². The summed E-state index contributed by atoms with van der Waals surface area (Å²) in [5, 5.41) is 18.5. The van der Waals surface area contributed by atoms with Crippen LogP contribution in [-0.4, -0.2) is 49.9 Å². The molecule has 0 spiro atoms. The lowest BCUT2D eigenvalue weighted by molar-refractivity contribution is -0.118. The van der Waals surface area contributed by atoms with Gasteiger partial charge in [0.1, 0.15) is 6.23 Å². The summed E-state index contributed by atoms with van der Waals surface area (Å²) < 4.78 is 1.57. The van der Waals surface area contributed by atoms with Gasteiger partial charge in [-0.25, -0.2) is 9.67 Å². The monoisotopic (exact) mass is 557 g/mol. The van der Waals surface area contributed by atoms with E-state index in [1.54, 1.807) is 17.1 Å². The van der Waals surface area contributed by atoms with Gasteiger partial charge in [-0.3, -0.25) is 9.78 Å². The lowest BCUT2D eigenvalue weighted by atomic mass is 10.1. The van der Waals surface area contributed by atoms with Gasteiger partial charge < -0.3 is 21.1 Å². The number of anilines is 2. The summed E-state index contributed by atoms with van der Waals surface area (Å²) in [6.07, 6.45) is 9.06. The number of unbranched alkanes of at least 4 members (excludes halogenated alkanes) is 3. The summed E-state index contributed by atoms with van der Waals surface area (Å²) in [5.41, 5.74) is 13.0. The predicted octanol–water partition coefficient (Wildman–Crippen LogP) is 5.56. The number of nitrogens with one attached hydrogen (secondary N) is 1. The molecule has 4 N–H and O–H groups in total. The minimum absolute atomic E-state index is 0.264. The summed E-state index contributed by atoms with van der Waals surface area (Å²) >= 11 is 0. The summed E-state index contributed by atoms with van der Waals surface area (Å²) in [6, 6.07) is 13.3. The van der Waals surface area contributed by atoms with E-state index in [0.29, 0.717) is 24.6 Å². The van der Waals surface area contributed by atoms with Gasteiger partial charge >= 0.3 is 0 Å². The predicted molar refractivity (Wildman–Crippen MR) is 165 cm³/mol. The number of amides is 1. The third-order valence-corrected chi connectivity index (χ3v) is 7.08. The first-order chi connectivity index (χ1) is 19.7. The van der Waals surface area contributed by atoms with Gasteiger partial charge in [0.25, 0.3) is 0 Å². The highest BCUT2D eigenvalue weighted by Crippen LogP contribution is 2.30. The van der Waals surface area contributed by atoms with Crippen LogP contribution in [0.1, 0.15) is 69.7 Å². The van der Waals surface area contributed by atoms with Crippen LogP contribution in [0.5, 0.6) is 0 Å². The maximum atomic E-state index is 10.9. The second-order valence-corrected chi connectivity index (χ2v) is 11.1. The van der Waals surface area contributed by atoms with Crippen LogP contribution in [0.15, 0.2) is 55.0 Å².